The van der Waals surface area contributed by atoms with E-state index in [0.717, 1.165) is 16.8 Å². The van der Waals surface area contributed by atoms with E-state index < -0.39 is 10.5 Å². The zero-order chi connectivity index (χ0) is 26.2. The first kappa shape index (κ1) is 24.4. The average Bonchev–Trinajstić information content (AvgIpc) is 3.31. The first-order valence-corrected chi connectivity index (χ1v) is 12.5. The number of pyridine rings is 1. The van der Waals surface area contributed by atoms with Crippen molar-refractivity contribution < 1.29 is 14.5 Å². The Kier molecular flexibility index (Phi) is 6.37. The van der Waals surface area contributed by atoms with Crippen molar-refractivity contribution in [2.24, 2.45) is 0 Å². The Balaban J connectivity index is 1.55. The molecule has 2 aromatic carbocycles. The van der Waals surface area contributed by atoms with Gasteiger partial charge in [0, 0.05) is 35.4 Å². The molecule has 1 N–H and O–H groups in total. The van der Waals surface area contributed by atoms with E-state index in [1.807, 2.05) is 44.2 Å². The van der Waals surface area contributed by atoms with E-state index in [1.54, 1.807) is 4.40 Å². The lowest BCUT2D eigenvalue weighted by Crippen LogP contribution is -2.33. The van der Waals surface area contributed by atoms with Crippen LogP contribution in [0.3, 0.4) is 0 Å². The molecule has 0 unspecified atom stereocenters. The van der Waals surface area contributed by atoms with E-state index in [0.29, 0.717) is 34.2 Å². The van der Waals surface area contributed by atoms with Crippen LogP contribution < -0.4 is 5.32 Å². The number of aromatic nitrogens is 3. The maximum atomic E-state index is 12.8. The molecule has 11 heteroatoms. The molecule has 0 atom stereocenters. The number of nitrogens with one attached hydrogen (secondary N) is 1. The van der Waals surface area contributed by atoms with Gasteiger partial charge in [-0.2, -0.15) is 5.26 Å². The van der Waals surface area contributed by atoms with Gasteiger partial charge in [-0.1, -0.05) is 30.0 Å². The van der Waals surface area contributed by atoms with Crippen LogP contribution in [0.15, 0.2) is 59.8 Å². The minimum atomic E-state index is -0.509. The monoisotopic (exact) mass is 514 g/mol. The Morgan fingerprint density at radius 1 is 1.19 bits per heavy atom. The van der Waals surface area contributed by atoms with Gasteiger partial charge in [-0.3, -0.25) is 19.3 Å². The molecule has 0 aliphatic carbocycles. The molecule has 0 bridgehead atoms. The van der Waals surface area contributed by atoms with Gasteiger partial charge in [0.2, 0.25) is 0 Å². The SMILES string of the molecule is CC1(C)Cc2c(C#N)c(Nc3ccccc3)n3c(SCC(=O)c4ccc([N+](=O)[O-])cc4)nnc3c2CO1. The number of hydrogen-bond donors (Lipinski definition) is 1. The smallest absolute Gasteiger partial charge is 0.269 e. The summed E-state index contributed by atoms with van der Waals surface area (Å²) in [6.07, 6.45) is 0.541. The number of benzene rings is 2. The number of anilines is 2. The summed E-state index contributed by atoms with van der Waals surface area (Å²) in [5.41, 5.74) is 3.35. The topological polar surface area (TPSA) is 135 Å². The van der Waals surface area contributed by atoms with E-state index in [4.69, 9.17) is 4.74 Å². The van der Waals surface area contributed by atoms with Gasteiger partial charge in [0.1, 0.15) is 11.9 Å². The van der Waals surface area contributed by atoms with Gasteiger partial charge in [-0.05, 0) is 43.7 Å². The summed E-state index contributed by atoms with van der Waals surface area (Å²) in [7, 11) is 0. The van der Waals surface area contributed by atoms with Gasteiger partial charge in [-0.15, -0.1) is 10.2 Å². The number of nitrogens with zero attached hydrogens (tertiary/aromatic N) is 5. The third-order valence-electron chi connectivity index (χ3n) is 6.12. The molecule has 2 aromatic heterocycles. The van der Waals surface area contributed by atoms with Crippen molar-refractivity contribution in [3.05, 3.63) is 87.0 Å². The standard InChI is InChI=1S/C26H22N6O4S/c1-26(2)12-19-20(13-27)23(28-17-6-4-3-5-7-17)31-24(21(19)14-36-26)29-30-25(31)37-15-22(33)16-8-10-18(11-9-16)32(34)35/h3-11,28H,12,14-15H2,1-2H3. The highest BCUT2D eigenvalue weighted by Gasteiger charge is 2.33. The second kappa shape index (κ2) is 9.65. The van der Waals surface area contributed by atoms with Crippen LogP contribution in [0.1, 0.15) is 40.9 Å². The Morgan fingerprint density at radius 2 is 1.92 bits per heavy atom. The number of carbonyl (C=O) groups excluding carboxylic acids is 1. The largest absolute Gasteiger partial charge is 0.370 e. The predicted octanol–water partition coefficient (Wildman–Crippen LogP) is 5.08. The molecule has 3 heterocycles. The zero-order valence-corrected chi connectivity index (χ0v) is 20.9. The van der Waals surface area contributed by atoms with Crippen LogP contribution in [-0.2, 0) is 17.8 Å². The molecule has 5 rings (SSSR count). The Morgan fingerprint density at radius 3 is 2.59 bits per heavy atom. The third kappa shape index (κ3) is 4.76. The molecular weight excluding hydrogens is 492 g/mol. The van der Waals surface area contributed by atoms with E-state index in [2.05, 4.69) is 21.6 Å². The second-order valence-electron chi connectivity index (χ2n) is 9.17. The Bertz CT molecular complexity index is 1560. The van der Waals surface area contributed by atoms with Gasteiger partial charge in [0.05, 0.1) is 28.4 Å². The molecular formula is C26H22N6O4S. The number of Topliss-reactive ketones (excluding diaryl/α,β-unsaturated/α-hetero) is 1. The molecule has 0 saturated heterocycles. The number of nitro groups is 1. The molecule has 4 aromatic rings. The number of hydrogen-bond acceptors (Lipinski definition) is 9. The predicted molar refractivity (Wildman–Crippen MR) is 138 cm³/mol. The number of rotatable bonds is 7. The van der Waals surface area contributed by atoms with Crippen molar-refractivity contribution in [1.29, 1.82) is 5.26 Å². The molecule has 0 amide bonds. The number of ether oxygens (including phenoxy) is 1. The molecule has 37 heavy (non-hydrogen) atoms. The number of thioether (sulfide) groups is 1. The summed E-state index contributed by atoms with van der Waals surface area (Å²) >= 11 is 1.18. The maximum absolute atomic E-state index is 12.8. The fraction of sp³-hybridized carbons (Fsp3) is 0.231. The van der Waals surface area contributed by atoms with Crippen LogP contribution >= 0.6 is 11.8 Å². The summed E-state index contributed by atoms with van der Waals surface area (Å²) in [6, 6.07) is 17.3. The lowest BCUT2D eigenvalue weighted by molar-refractivity contribution is -0.384. The first-order chi connectivity index (χ1) is 17.8. The maximum Gasteiger partial charge on any atom is 0.269 e. The summed E-state index contributed by atoms with van der Waals surface area (Å²) in [5, 5.41) is 33.7. The minimum absolute atomic E-state index is 0.0336. The lowest BCUT2D eigenvalue weighted by Gasteiger charge is -2.33. The van der Waals surface area contributed by atoms with Crippen molar-refractivity contribution in [1.82, 2.24) is 14.6 Å². The highest BCUT2D eigenvalue weighted by Crippen LogP contribution is 2.38. The molecule has 0 spiro atoms. The van der Waals surface area contributed by atoms with Crippen LogP contribution in [0.5, 0.6) is 0 Å². The highest BCUT2D eigenvalue weighted by molar-refractivity contribution is 7.99. The quantitative estimate of drug-likeness (QED) is 0.155. The average molecular weight is 515 g/mol. The molecule has 186 valence electrons. The van der Waals surface area contributed by atoms with Gasteiger partial charge < -0.3 is 10.1 Å². The van der Waals surface area contributed by atoms with Crippen molar-refractivity contribution in [3.8, 4) is 6.07 Å². The molecule has 0 fully saturated rings. The number of nitro benzene ring substituents is 1. The highest BCUT2D eigenvalue weighted by atomic mass is 32.2. The van der Waals surface area contributed by atoms with Crippen molar-refractivity contribution in [2.45, 2.75) is 37.6 Å². The number of carbonyl (C=O) groups is 1. The van der Waals surface area contributed by atoms with Gasteiger partial charge >= 0.3 is 0 Å². The van der Waals surface area contributed by atoms with Crippen molar-refractivity contribution in [3.63, 3.8) is 0 Å². The first-order valence-electron chi connectivity index (χ1n) is 11.5. The summed E-state index contributed by atoms with van der Waals surface area (Å²) in [6.45, 7) is 4.26. The van der Waals surface area contributed by atoms with Gasteiger partial charge in [0.25, 0.3) is 5.69 Å². The van der Waals surface area contributed by atoms with Crippen LogP contribution in [0.2, 0.25) is 0 Å². The fourth-order valence-corrected chi connectivity index (χ4v) is 5.10. The molecule has 0 radical (unpaired) electrons. The number of ketones is 1. The second-order valence-corrected chi connectivity index (χ2v) is 10.1. The van der Waals surface area contributed by atoms with E-state index in [-0.39, 0.29) is 23.8 Å². The minimum Gasteiger partial charge on any atom is -0.370 e. The molecule has 10 nitrogen and oxygen atoms in total. The molecule has 1 aliphatic rings. The zero-order valence-electron chi connectivity index (χ0n) is 20.1. The molecule has 1 aliphatic heterocycles. The fourth-order valence-electron chi connectivity index (χ4n) is 4.27. The number of nitriles is 1. The third-order valence-corrected chi connectivity index (χ3v) is 7.05. The van der Waals surface area contributed by atoms with Crippen LogP contribution in [0.4, 0.5) is 17.2 Å². The van der Waals surface area contributed by atoms with E-state index >= 15 is 0 Å². The number of para-hydroxylation sites is 1. The number of fused-ring (bicyclic) bond motifs is 3. The number of non-ortho nitro benzene ring substituents is 1. The summed E-state index contributed by atoms with van der Waals surface area (Å²) < 4.78 is 7.79. The Labute approximate surface area is 216 Å². The van der Waals surface area contributed by atoms with E-state index in [9.17, 15) is 20.2 Å². The van der Waals surface area contributed by atoms with Gasteiger partial charge in [0.15, 0.2) is 16.6 Å². The van der Waals surface area contributed by atoms with Crippen molar-refractivity contribution >= 4 is 40.4 Å². The van der Waals surface area contributed by atoms with E-state index in [1.165, 1.54) is 36.0 Å². The lowest BCUT2D eigenvalue weighted by atomic mass is 9.89. The van der Waals surface area contributed by atoms with Gasteiger partial charge in [-0.25, -0.2) is 0 Å². The van der Waals surface area contributed by atoms with Crippen LogP contribution in [0, 0.1) is 21.4 Å². The summed E-state index contributed by atoms with van der Waals surface area (Å²) in [4.78, 5) is 23.2. The van der Waals surface area contributed by atoms with Crippen LogP contribution in [-0.4, -0.2) is 36.7 Å². The normalized spacial score (nSPS) is 14.1. The molecule has 0 saturated carbocycles. The van der Waals surface area contributed by atoms with Crippen molar-refractivity contribution in [2.75, 3.05) is 11.1 Å². The Hall–Kier alpha value is -4.27. The van der Waals surface area contributed by atoms with Crippen LogP contribution in [0.25, 0.3) is 5.65 Å². The summed E-state index contributed by atoms with van der Waals surface area (Å²) in [5.74, 6) is 0.347.